The minimum absolute atomic E-state index is 0.222. The third kappa shape index (κ3) is 3.14. The predicted octanol–water partition coefficient (Wildman–Crippen LogP) is 4.13. The first-order valence-corrected chi connectivity index (χ1v) is 7.90. The van der Waals surface area contributed by atoms with Crippen molar-refractivity contribution < 1.29 is 0 Å². The first-order chi connectivity index (χ1) is 9.04. The Morgan fingerprint density at radius 3 is 2.84 bits per heavy atom. The zero-order valence-electron chi connectivity index (χ0n) is 12.3. The van der Waals surface area contributed by atoms with Gasteiger partial charge in [0.05, 0.1) is 16.9 Å². The summed E-state index contributed by atoms with van der Waals surface area (Å²) in [6.07, 6.45) is 7.86. The van der Waals surface area contributed by atoms with E-state index in [1.54, 1.807) is 6.20 Å². The minimum Gasteiger partial charge on any atom is -0.327 e. The van der Waals surface area contributed by atoms with E-state index in [0.717, 1.165) is 29.5 Å². The van der Waals surface area contributed by atoms with Gasteiger partial charge in [0.15, 0.2) is 0 Å². The van der Waals surface area contributed by atoms with Crippen molar-refractivity contribution in [1.82, 2.24) is 9.78 Å². The molecule has 3 nitrogen and oxygen atoms in total. The first-order valence-electron chi connectivity index (χ1n) is 7.53. The SMILES string of the molecule is CCCC1CCC(N)C(c2c(Cl)cnn2C(C)C)C1. The Labute approximate surface area is 121 Å². The second kappa shape index (κ2) is 6.27. The first kappa shape index (κ1) is 14.9. The highest BCUT2D eigenvalue weighted by Gasteiger charge is 2.33. The number of halogens is 1. The van der Waals surface area contributed by atoms with Crippen LogP contribution in [0.4, 0.5) is 0 Å². The van der Waals surface area contributed by atoms with Gasteiger partial charge in [-0.1, -0.05) is 31.4 Å². The summed E-state index contributed by atoms with van der Waals surface area (Å²) >= 11 is 6.37. The van der Waals surface area contributed by atoms with Crippen molar-refractivity contribution in [3.8, 4) is 0 Å². The Balaban J connectivity index is 2.25. The van der Waals surface area contributed by atoms with Crippen LogP contribution in [0.5, 0.6) is 0 Å². The van der Waals surface area contributed by atoms with Crippen LogP contribution in [-0.4, -0.2) is 15.8 Å². The monoisotopic (exact) mass is 283 g/mol. The van der Waals surface area contributed by atoms with Gasteiger partial charge in [0, 0.05) is 18.0 Å². The summed E-state index contributed by atoms with van der Waals surface area (Å²) in [6, 6.07) is 0.557. The Bertz CT molecular complexity index is 414. The second-order valence-electron chi connectivity index (χ2n) is 6.15. The van der Waals surface area contributed by atoms with Crippen molar-refractivity contribution in [3.05, 3.63) is 16.9 Å². The fourth-order valence-electron chi connectivity index (χ4n) is 3.38. The van der Waals surface area contributed by atoms with Crippen molar-refractivity contribution in [2.24, 2.45) is 11.7 Å². The molecule has 1 heterocycles. The second-order valence-corrected chi connectivity index (χ2v) is 6.56. The van der Waals surface area contributed by atoms with Crippen molar-refractivity contribution in [2.45, 2.75) is 70.9 Å². The lowest BCUT2D eigenvalue weighted by molar-refractivity contribution is 0.263. The van der Waals surface area contributed by atoms with Crippen molar-refractivity contribution >= 4 is 11.6 Å². The summed E-state index contributed by atoms with van der Waals surface area (Å²) in [4.78, 5) is 0. The highest BCUT2D eigenvalue weighted by molar-refractivity contribution is 6.31. The quantitative estimate of drug-likeness (QED) is 0.903. The van der Waals surface area contributed by atoms with Crippen molar-refractivity contribution in [1.29, 1.82) is 0 Å². The highest BCUT2D eigenvalue weighted by atomic mass is 35.5. The van der Waals surface area contributed by atoms with Gasteiger partial charge in [-0.15, -0.1) is 0 Å². The number of hydrogen-bond acceptors (Lipinski definition) is 2. The lowest BCUT2D eigenvalue weighted by atomic mass is 9.75. The molecule has 0 amide bonds. The van der Waals surface area contributed by atoms with Crippen LogP contribution in [0.25, 0.3) is 0 Å². The van der Waals surface area contributed by atoms with Gasteiger partial charge in [0.1, 0.15) is 0 Å². The smallest absolute Gasteiger partial charge is 0.0821 e. The molecule has 1 fully saturated rings. The molecule has 2 rings (SSSR count). The van der Waals surface area contributed by atoms with Crippen LogP contribution in [0, 0.1) is 5.92 Å². The lowest BCUT2D eigenvalue weighted by Gasteiger charge is -2.35. The fourth-order valence-corrected chi connectivity index (χ4v) is 3.65. The average Bonchev–Trinajstić information content (AvgIpc) is 2.74. The van der Waals surface area contributed by atoms with E-state index in [1.807, 2.05) is 0 Å². The van der Waals surface area contributed by atoms with Gasteiger partial charge >= 0.3 is 0 Å². The number of aromatic nitrogens is 2. The molecular formula is C15H26ClN3. The largest absolute Gasteiger partial charge is 0.327 e. The Kier molecular flexibility index (Phi) is 4.91. The molecular weight excluding hydrogens is 258 g/mol. The molecule has 1 saturated carbocycles. The van der Waals surface area contributed by atoms with Gasteiger partial charge in [-0.2, -0.15) is 5.10 Å². The third-order valence-electron chi connectivity index (χ3n) is 4.34. The molecule has 0 spiro atoms. The van der Waals surface area contributed by atoms with E-state index in [2.05, 4.69) is 30.6 Å². The number of nitrogens with two attached hydrogens (primary N) is 1. The molecule has 0 bridgehead atoms. The van der Waals surface area contributed by atoms with Crippen LogP contribution in [0.15, 0.2) is 6.20 Å². The molecule has 4 heteroatoms. The van der Waals surface area contributed by atoms with E-state index in [4.69, 9.17) is 17.3 Å². The minimum atomic E-state index is 0.222. The van der Waals surface area contributed by atoms with Crippen LogP contribution >= 0.6 is 11.6 Å². The molecule has 0 aliphatic heterocycles. The van der Waals surface area contributed by atoms with E-state index in [0.29, 0.717) is 12.0 Å². The van der Waals surface area contributed by atoms with E-state index in [9.17, 15) is 0 Å². The lowest BCUT2D eigenvalue weighted by Crippen LogP contribution is -2.36. The van der Waals surface area contributed by atoms with Crippen LogP contribution in [-0.2, 0) is 0 Å². The fraction of sp³-hybridized carbons (Fsp3) is 0.800. The number of nitrogens with zero attached hydrogens (tertiary/aromatic N) is 2. The summed E-state index contributed by atoms with van der Waals surface area (Å²) in [7, 11) is 0. The molecule has 108 valence electrons. The summed E-state index contributed by atoms with van der Waals surface area (Å²) in [5.41, 5.74) is 7.52. The third-order valence-corrected chi connectivity index (χ3v) is 4.63. The van der Waals surface area contributed by atoms with Gasteiger partial charge in [-0.05, 0) is 39.0 Å². The maximum absolute atomic E-state index is 6.37. The van der Waals surface area contributed by atoms with E-state index in [1.165, 1.54) is 19.3 Å². The van der Waals surface area contributed by atoms with Gasteiger partial charge in [0.2, 0.25) is 0 Å². The van der Waals surface area contributed by atoms with Crippen molar-refractivity contribution in [2.75, 3.05) is 0 Å². The van der Waals surface area contributed by atoms with E-state index >= 15 is 0 Å². The molecule has 0 saturated heterocycles. The topological polar surface area (TPSA) is 43.8 Å². The Hall–Kier alpha value is -0.540. The van der Waals surface area contributed by atoms with E-state index < -0.39 is 0 Å². The normalized spacial score (nSPS) is 28.0. The molecule has 19 heavy (non-hydrogen) atoms. The molecule has 0 aromatic carbocycles. The molecule has 3 unspecified atom stereocenters. The molecule has 1 aliphatic carbocycles. The maximum Gasteiger partial charge on any atom is 0.0821 e. The zero-order valence-corrected chi connectivity index (χ0v) is 13.0. The van der Waals surface area contributed by atoms with Crippen molar-refractivity contribution in [3.63, 3.8) is 0 Å². The standard InChI is InChI=1S/C15H26ClN3/c1-4-5-11-6-7-14(17)12(8-11)15-13(16)9-18-19(15)10(2)3/h9-12,14H,4-8,17H2,1-3H3. The number of hydrogen-bond donors (Lipinski definition) is 1. The zero-order chi connectivity index (χ0) is 14.0. The Morgan fingerprint density at radius 2 is 2.21 bits per heavy atom. The summed E-state index contributed by atoms with van der Waals surface area (Å²) in [6.45, 7) is 6.55. The Morgan fingerprint density at radius 1 is 1.47 bits per heavy atom. The van der Waals surface area contributed by atoms with Gasteiger partial charge < -0.3 is 5.73 Å². The summed E-state index contributed by atoms with van der Waals surface area (Å²) < 4.78 is 2.06. The molecule has 1 aromatic rings. The highest BCUT2D eigenvalue weighted by Crippen LogP contribution is 2.40. The van der Waals surface area contributed by atoms with Crippen LogP contribution in [0.1, 0.15) is 70.5 Å². The van der Waals surface area contributed by atoms with Crippen LogP contribution < -0.4 is 5.73 Å². The molecule has 2 N–H and O–H groups in total. The van der Waals surface area contributed by atoms with Crippen LogP contribution in [0.2, 0.25) is 5.02 Å². The maximum atomic E-state index is 6.37. The summed E-state index contributed by atoms with van der Waals surface area (Å²) in [5, 5.41) is 5.21. The van der Waals surface area contributed by atoms with Gasteiger partial charge in [-0.3, -0.25) is 4.68 Å². The molecule has 1 aliphatic rings. The van der Waals surface area contributed by atoms with E-state index in [-0.39, 0.29) is 6.04 Å². The van der Waals surface area contributed by atoms with Gasteiger partial charge in [0.25, 0.3) is 0 Å². The molecule has 0 radical (unpaired) electrons. The summed E-state index contributed by atoms with van der Waals surface area (Å²) in [5.74, 6) is 1.16. The molecule has 3 atom stereocenters. The average molecular weight is 284 g/mol. The van der Waals surface area contributed by atoms with Crippen LogP contribution in [0.3, 0.4) is 0 Å². The predicted molar refractivity (Wildman–Crippen MR) is 80.6 cm³/mol. The van der Waals surface area contributed by atoms with Gasteiger partial charge in [-0.25, -0.2) is 0 Å². The number of rotatable bonds is 4. The molecule has 1 aromatic heterocycles.